The van der Waals surface area contributed by atoms with E-state index in [1.54, 1.807) is 36.7 Å². The molecule has 88 valence electrons. The molecule has 0 bridgehead atoms. The molecule has 1 aromatic heterocycles. The Kier molecular flexibility index (Phi) is 3.20. The highest BCUT2D eigenvalue weighted by Crippen LogP contribution is 2.08. The molecule has 17 heavy (non-hydrogen) atoms. The number of aliphatic hydroxyl groups excluding tert-OH is 1. The van der Waals surface area contributed by atoms with Gasteiger partial charge in [0, 0.05) is 18.9 Å². The van der Waals surface area contributed by atoms with Crippen molar-refractivity contribution >= 4 is 5.97 Å². The third kappa shape index (κ3) is 2.51. The Morgan fingerprint density at radius 2 is 2.00 bits per heavy atom. The maximum absolute atomic E-state index is 10.7. The molecule has 2 aromatic rings. The Hall–Kier alpha value is -2.14. The second-order valence-corrected chi connectivity index (χ2v) is 3.63. The van der Waals surface area contributed by atoms with E-state index in [0.717, 1.165) is 5.56 Å². The zero-order valence-corrected chi connectivity index (χ0v) is 9.08. The molecule has 1 heterocycles. The lowest BCUT2D eigenvalue weighted by Gasteiger charge is -2.06. The van der Waals surface area contributed by atoms with E-state index < -0.39 is 5.97 Å². The number of carboxylic acids is 1. The maximum Gasteiger partial charge on any atom is 0.335 e. The number of aromatic nitrogens is 2. The number of aromatic carboxylic acids is 1. The summed E-state index contributed by atoms with van der Waals surface area (Å²) in [5.74, 6) is -0.345. The first kappa shape index (κ1) is 11.3. The van der Waals surface area contributed by atoms with Crippen LogP contribution in [0.1, 0.15) is 21.7 Å². The Bertz CT molecular complexity index is 517. The quantitative estimate of drug-likeness (QED) is 0.828. The molecular weight excluding hydrogens is 220 g/mol. The van der Waals surface area contributed by atoms with Gasteiger partial charge in [-0.15, -0.1) is 0 Å². The molecule has 0 aliphatic carbocycles. The van der Waals surface area contributed by atoms with Gasteiger partial charge in [0.1, 0.15) is 12.4 Å². The van der Waals surface area contributed by atoms with Crippen molar-refractivity contribution in [2.45, 2.75) is 13.2 Å². The average Bonchev–Trinajstić information content (AvgIpc) is 2.77. The summed E-state index contributed by atoms with van der Waals surface area (Å²) in [6.45, 7) is 0.454. The molecule has 2 N–H and O–H groups in total. The minimum Gasteiger partial charge on any atom is -0.478 e. The second kappa shape index (κ2) is 4.80. The van der Waals surface area contributed by atoms with E-state index >= 15 is 0 Å². The zero-order valence-electron chi connectivity index (χ0n) is 9.08. The molecule has 0 radical (unpaired) electrons. The molecule has 1 aromatic carbocycles. The van der Waals surface area contributed by atoms with Gasteiger partial charge in [-0.2, -0.15) is 0 Å². The fraction of sp³-hybridized carbons (Fsp3) is 0.167. The molecule has 5 heteroatoms. The van der Waals surface area contributed by atoms with Crippen molar-refractivity contribution in [1.82, 2.24) is 9.55 Å². The normalized spacial score (nSPS) is 10.4. The predicted octanol–water partition coefficient (Wildman–Crippen LogP) is 1.12. The molecule has 0 amide bonds. The number of hydrogen-bond donors (Lipinski definition) is 2. The van der Waals surface area contributed by atoms with Gasteiger partial charge >= 0.3 is 5.97 Å². The van der Waals surface area contributed by atoms with Gasteiger partial charge in [-0.25, -0.2) is 9.78 Å². The highest BCUT2D eigenvalue weighted by molar-refractivity contribution is 5.87. The molecule has 0 spiro atoms. The highest BCUT2D eigenvalue weighted by Gasteiger charge is 2.04. The number of carboxylic acid groups (broad SMARTS) is 1. The standard InChI is InChI=1S/C12H12N2O3/c15-8-11-13-5-6-14(11)7-9-1-3-10(4-2-9)12(16)17/h1-6,15H,7-8H2,(H,16,17). The summed E-state index contributed by atoms with van der Waals surface area (Å²) >= 11 is 0. The van der Waals surface area contributed by atoms with Gasteiger partial charge in [0.05, 0.1) is 5.56 Å². The fourth-order valence-electron chi connectivity index (χ4n) is 1.59. The van der Waals surface area contributed by atoms with Crippen molar-refractivity contribution in [3.63, 3.8) is 0 Å². The average molecular weight is 232 g/mol. The first-order chi connectivity index (χ1) is 8.20. The Balaban J connectivity index is 2.16. The number of carbonyl (C=O) groups is 1. The van der Waals surface area contributed by atoms with Crippen molar-refractivity contribution in [2.75, 3.05) is 0 Å². The first-order valence-electron chi connectivity index (χ1n) is 5.14. The molecule has 5 nitrogen and oxygen atoms in total. The predicted molar refractivity (Wildman–Crippen MR) is 60.7 cm³/mol. The van der Waals surface area contributed by atoms with Gasteiger partial charge in [-0.3, -0.25) is 0 Å². The van der Waals surface area contributed by atoms with Crippen LogP contribution < -0.4 is 0 Å². The van der Waals surface area contributed by atoms with Crippen LogP contribution in [0.2, 0.25) is 0 Å². The number of hydrogen-bond acceptors (Lipinski definition) is 3. The summed E-state index contributed by atoms with van der Waals surface area (Å²) in [5.41, 5.74) is 1.23. The summed E-state index contributed by atoms with van der Waals surface area (Å²) in [4.78, 5) is 14.7. The first-order valence-corrected chi connectivity index (χ1v) is 5.14. The maximum atomic E-state index is 10.7. The van der Waals surface area contributed by atoms with Crippen LogP contribution in [0.4, 0.5) is 0 Å². The number of imidazole rings is 1. The van der Waals surface area contributed by atoms with E-state index in [4.69, 9.17) is 10.2 Å². The molecule has 2 rings (SSSR count). The summed E-state index contributed by atoms with van der Waals surface area (Å²) in [5, 5.41) is 17.8. The van der Waals surface area contributed by atoms with E-state index in [2.05, 4.69) is 4.98 Å². The van der Waals surface area contributed by atoms with Crippen LogP contribution in [-0.4, -0.2) is 25.7 Å². The van der Waals surface area contributed by atoms with E-state index in [1.165, 1.54) is 0 Å². The molecule has 0 aliphatic rings. The van der Waals surface area contributed by atoms with Crippen molar-refractivity contribution in [3.8, 4) is 0 Å². The number of nitrogens with zero attached hydrogens (tertiary/aromatic N) is 2. The van der Waals surface area contributed by atoms with Crippen LogP contribution >= 0.6 is 0 Å². The molecule has 0 aliphatic heterocycles. The van der Waals surface area contributed by atoms with Gasteiger partial charge in [-0.05, 0) is 17.7 Å². The largest absolute Gasteiger partial charge is 0.478 e. The fourth-order valence-corrected chi connectivity index (χ4v) is 1.59. The summed E-state index contributed by atoms with van der Waals surface area (Å²) in [6, 6.07) is 6.63. The molecular formula is C12H12N2O3. The van der Waals surface area contributed by atoms with Crippen molar-refractivity contribution in [3.05, 3.63) is 53.6 Å². The second-order valence-electron chi connectivity index (χ2n) is 3.63. The van der Waals surface area contributed by atoms with Crippen LogP contribution in [0.5, 0.6) is 0 Å². The van der Waals surface area contributed by atoms with Gasteiger partial charge < -0.3 is 14.8 Å². The Labute approximate surface area is 98.0 Å². The van der Waals surface area contributed by atoms with Crippen LogP contribution in [0.25, 0.3) is 0 Å². The van der Waals surface area contributed by atoms with Crippen LogP contribution in [-0.2, 0) is 13.2 Å². The van der Waals surface area contributed by atoms with E-state index in [1.807, 2.05) is 4.57 Å². The van der Waals surface area contributed by atoms with Crippen LogP contribution in [0, 0.1) is 0 Å². The molecule has 0 saturated carbocycles. The van der Waals surface area contributed by atoms with Crippen molar-refractivity contribution < 1.29 is 15.0 Å². The lowest BCUT2D eigenvalue weighted by atomic mass is 10.1. The van der Waals surface area contributed by atoms with Gasteiger partial charge in [0.15, 0.2) is 0 Å². The smallest absolute Gasteiger partial charge is 0.335 e. The molecule has 0 atom stereocenters. The van der Waals surface area contributed by atoms with Gasteiger partial charge in [0.25, 0.3) is 0 Å². The monoisotopic (exact) mass is 232 g/mol. The SMILES string of the molecule is O=C(O)c1ccc(Cn2ccnc2CO)cc1. The number of aliphatic hydroxyl groups is 1. The Morgan fingerprint density at radius 3 is 2.59 bits per heavy atom. The summed E-state index contributed by atoms with van der Waals surface area (Å²) < 4.78 is 1.82. The lowest BCUT2D eigenvalue weighted by Crippen LogP contribution is -2.04. The van der Waals surface area contributed by atoms with Gasteiger partial charge in [0.2, 0.25) is 0 Å². The highest BCUT2D eigenvalue weighted by atomic mass is 16.4. The van der Waals surface area contributed by atoms with E-state index in [9.17, 15) is 4.79 Å². The van der Waals surface area contributed by atoms with E-state index in [-0.39, 0.29) is 12.2 Å². The third-order valence-corrected chi connectivity index (χ3v) is 2.50. The lowest BCUT2D eigenvalue weighted by molar-refractivity contribution is 0.0697. The molecule has 0 unspecified atom stereocenters. The summed E-state index contributed by atoms with van der Waals surface area (Å²) in [6.07, 6.45) is 3.40. The topological polar surface area (TPSA) is 75.3 Å². The number of rotatable bonds is 4. The van der Waals surface area contributed by atoms with Crippen molar-refractivity contribution in [2.24, 2.45) is 0 Å². The Morgan fingerprint density at radius 1 is 1.29 bits per heavy atom. The van der Waals surface area contributed by atoms with Gasteiger partial charge in [-0.1, -0.05) is 12.1 Å². The third-order valence-electron chi connectivity index (χ3n) is 2.50. The van der Waals surface area contributed by atoms with Crippen LogP contribution in [0.15, 0.2) is 36.7 Å². The molecule has 0 fully saturated rings. The number of benzene rings is 1. The minimum atomic E-state index is -0.935. The van der Waals surface area contributed by atoms with Crippen LogP contribution in [0.3, 0.4) is 0 Å². The minimum absolute atomic E-state index is 0.111. The van der Waals surface area contributed by atoms with E-state index in [0.29, 0.717) is 12.4 Å². The molecule has 0 saturated heterocycles. The van der Waals surface area contributed by atoms with Crippen molar-refractivity contribution in [1.29, 1.82) is 0 Å². The zero-order chi connectivity index (χ0) is 12.3. The summed E-state index contributed by atoms with van der Waals surface area (Å²) in [7, 11) is 0.